The highest BCUT2D eigenvalue weighted by Crippen LogP contribution is 2.14. The molecule has 2 N–H and O–H groups in total. The van der Waals surface area contributed by atoms with E-state index in [1.165, 1.54) is 6.20 Å². The zero-order valence-corrected chi connectivity index (χ0v) is 13.7. The first-order valence-electron chi connectivity index (χ1n) is 7.98. The third-order valence-electron chi connectivity index (χ3n) is 3.73. The highest BCUT2D eigenvalue weighted by molar-refractivity contribution is 6.08. The fraction of sp³-hybridized carbons (Fsp3) is 0.0556. The van der Waals surface area contributed by atoms with E-state index in [9.17, 15) is 4.79 Å². The molecule has 4 aromatic heterocycles. The van der Waals surface area contributed by atoms with Crippen LogP contribution in [0.15, 0.2) is 67.5 Å². The first-order valence-corrected chi connectivity index (χ1v) is 7.98. The average Bonchev–Trinajstić information content (AvgIpc) is 3.11. The summed E-state index contributed by atoms with van der Waals surface area (Å²) < 4.78 is 1.56. The van der Waals surface area contributed by atoms with Crippen LogP contribution in [-0.2, 0) is 6.54 Å². The lowest BCUT2D eigenvalue weighted by molar-refractivity contribution is 0.102. The number of pyridine rings is 2. The number of amides is 1. The fourth-order valence-electron chi connectivity index (χ4n) is 2.46. The third-order valence-corrected chi connectivity index (χ3v) is 3.73. The highest BCUT2D eigenvalue weighted by atomic mass is 16.1. The lowest BCUT2D eigenvalue weighted by atomic mass is 10.3. The summed E-state index contributed by atoms with van der Waals surface area (Å²) in [4.78, 5) is 25.1. The quantitative estimate of drug-likeness (QED) is 0.576. The number of anilines is 2. The smallest absolute Gasteiger partial charge is 0.261 e. The van der Waals surface area contributed by atoms with Crippen molar-refractivity contribution >= 4 is 23.1 Å². The summed E-state index contributed by atoms with van der Waals surface area (Å²) in [6.45, 7) is 0.586. The molecule has 0 aliphatic carbocycles. The van der Waals surface area contributed by atoms with E-state index in [1.807, 2.05) is 12.1 Å². The van der Waals surface area contributed by atoms with Crippen LogP contribution < -0.4 is 10.6 Å². The zero-order chi connectivity index (χ0) is 17.8. The van der Waals surface area contributed by atoms with Gasteiger partial charge in [0.2, 0.25) is 0 Å². The number of hydrogen-bond donors (Lipinski definition) is 2. The van der Waals surface area contributed by atoms with Crippen molar-refractivity contribution in [2.24, 2.45) is 0 Å². The Morgan fingerprint density at radius 3 is 2.65 bits per heavy atom. The molecule has 4 aromatic rings. The van der Waals surface area contributed by atoms with E-state index in [4.69, 9.17) is 0 Å². The van der Waals surface area contributed by atoms with Gasteiger partial charge in [0.15, 0.2) is 5.65 Å². The Hall–Kier alpha value is -3.81. The Labute approximate surface area is 149 Å². The monoisotopic (exact) mass is 345 g/mol. The summed E-state index contributed by atoms with van der Waals surface area (Å²) in [7, 11) is 0. The van der Waals surface area contributed by atoms with Crippen molar-refractivity contribution < 1.29 is 4.79 Å². The molecule has 0 aliphatic rings. The van der Waals surface area contributed by atoms with Gasteiger partial charge in [0.05, 0.1) is 18.1 Å². The summed E-state index contributed by atoms with van der Waals surface area (Å²) in [6.07, 6.45) is 10.0. The van der Waals surface area contributed by atoms with Crippen LogP contribution in [0.4, 0.5) is 11.5 Å². The van der Waals surface area contributed by atoms with Gasteiger partial charge in [0, 0.05) is 31.3 Å². The minimum atomic E-state index is -0.287. The molecule has 0 bridgehead atoms. The van der Waals surface area contributed by atoms with Crippen LogP contribution in [0.2, 0.25) is 0 Å². The summed E-state index contributed by atoms with van der Waals surface area (Å²) >= 11 is 0. The van der Waals surface area contributed by atoms with E-state index >= 15 is 0 Å². The second-order valence-corrected chi connectivity index (χ2v) is 5.55. The van der Waals surface area contributed by atoms with Crippen LogP contribution in [0.3, 0.4) is 0 Å². The van der Waals surface area contributed by atoms with E-state index in [0.29, 0.717) is 29.3 Å². The number of fused-ring (bicyclic) bond motifs is 1. The van der Waals surface area contributed by atoms with Crippen molar-refractivity contribution in [3.8, 4) is 0 Å². The van der Waals surface area contributed by atoms with Gasteiger partial charge < -0.3 is 10.6 Å². The van der Waals surface area contributed by atoms with Crippen LogP contribution in [0.25, 0.3) is 5.65 Å². The van der Waals surface area contributed by atoms with E-state index in [1.54, 1.807) is 53.7 Å². The summed E-state index contributed by atoms with van der Waals surface area (Å²) in [5, 5.41) is 10.2. The molecule has 8 nitrogen and oxygen atoms in total. The van der Waals surface area contributed by atoms with Crippen molar-refractivity contribution in [1.82, 2.24) is 24.6 Å². The van der Waals surface area contributed by atoms with Gasteiger partial charge in [-0.2, -0.15) is 5.10 Å². The molecule has 1 amide bonds. The van der Waals surface area contributed by atoms with Gasteiger partial charge in [-0.05, 0) is 29.8 Å². The number of aromatic nitrogens is 5. The van der Waals surface area contributed by atoms with Gasteiger partial charge in [-0.25, -0.2) is 9.50 Å². The predicted molar refractivity (Wildman–Crippen MR) is 96.7 cm³/mol. The first kappa shape index (κ1) is 15.7. The van der Waals surface area contributed by atoms with E-state index in [0.717, 1.165) is 5.56 Å². The Bertz CT molecular complexity index is 1030. The summed E-state index contributed by atoms with van der Waals surface area (Å²) in [5.41, 5.74) is 2.52. The molecule has 4 heterocycles. The number of carbonyl (C=O) groups is 1. The third kappa shape index (κ3) is 3.34. The molecule has 0 unspecified atom stereocenters. The van der Waals surface area contributed by atoms with Crippen LogP contribution in [-0.4, -0.2) is 30.5 Å². The average molecular weight is 345 g/mol. The van der Waals surface area contributed by atoms with Crippen molar-refractivity contribution in [2.45, 2.75) is 6.54 Å². The molecule has 0 spiro atoms. The van der Waals surface area contributed by atoms with Gasteiger partial charge in [-0.1, -0.05) is 6.07 Å². The SMILES string of the molecule is O=C(Nc1cccnc1)c1cnn2ccc(NCc3cccnc3)nc12. The Balaban J connectivity index is 1.55. The molecule has 0 atom stereocenters. The van der Waals surface area contributed by atoms with E-state index in [-0.39, 0.29) is 5.91 Å². The molecule has 0 radical (unpaired) electrons. The number of hydrogen-bond acceptors (Lipinski definition) is 6. The molecule has 0 aliphatic heterocycles. The normalized spacial score (nSPS) is 10.6. The maximum Gasteiger partial charge on any atom is 0.261 e. The predicted octanol–water partition coefficient (Wildman–Crippen LogP) is 2.38. The largest absolute Gasteiger partial charge is 0.366 e. The Morgan fingerprint density at radius 2 is 1.88 bits per heavy atom. The Kier molecular flexibility index (Phi) is 4.21. The molecule has 4 rings (SSSR count). The lowest BCUT2D eigenvalue weighted by Crippen LogP contribution is -2.12. The molecule has 0 fully saturated rings. The maximum absolute atomic E-state index is 12.5. The molecular formula is C18H15N7O. The van der Waals surface area contributed by atoms with Crippen molar-refractivity contribution in [3.63, 3.8) is 0 Å². The van der Waals surface area contributed by atoms with Gasteiger partial charge in [-0.15, -0.1) is 0 Å². The number of carbonyl (C=O) groups excluding carboxylic acids is 1. The minimum absolute atomic E-state index is 0.287. The van der Waals surface area contributed by atoms with Crippen LogP contribution >= 0.6 is 0 Å². The van der Waals surface area contributed by atoms with Crippen molar-refractivity contribution in [2.75, 3.05) is 10.6 Å². The topological polar surface area (TPSA) is 97.1 Å². The fourth-order valence-corrected chi connectivity index (χ4v) is 2.46. The van der Waals surface area contributed by atoms with E-state index in [2.05, 4.69) is 30.7 Å². The van der Waals surface area contributed by atoms with E-state index < -0.39 is 0 Å². The van der Waals surface area contributed by atoms with Crippen LogP contribution in [0.5, 0.6) is 0 Å². The minimum Gasteiger partial charge on any atom is -0.366 e. The first-order chi connectivity index (χ1) is 12.8. The molecule has 8 heteroatoms. The molecule has 0 saturated heterocycles. The van der Waals surface area contributed by atoms with Crippen LogP contribution in [0, 0.1) is 0 Å². The summed E-state index contributed by atoms with van der Waals surface area (Å²) in [6, 6.07) is 9.18. The maximum atomic E-state index is 12.5. The second kappa shape index (κ2) is 6.98. The summed E-state index contributed by atoms with van der Waals surface area (Å²) in [5.74, 6) is 0.363. The molecular weight excluding hydrogens is 330 g/mol. The van der Waals surface area contributed by atoms with Crippen LogP contribution in [0.1, 0.15) is 15.9 Å². The molecule has 26 heavy (non-hydrogen) atoms. The standard InChI is InChI=1S/C18H15N7O/c26-18(23-14-4-2-7-20-11-14)15-12-22-25-8-5-16(24-17(15)25)21-10-13-3-1-6-19-9-13/h1-9,11-12H,10H2,(H,21,24)(H,23,26). The van der Waals surface area contributed by atoms with Gasteiger partial charge in [0.25, 0.3) is 5.91 Å². The Morgan fingerprint density at radius 1 is 1.04 bits per heavy atom. The van der Waals surface area contributed by atoms with Crippen molar-refractivity contribution in [3.05, 3.63) is 78.6 Å². The van der Waals surface area contributed by atoms with Gasteiger partial charge in [0.1, 0.15) is 11.4 Å². The van der Waals surface area contributed by atoms with Gasteiger partial charge >= 0.3 is 0 Å². The lowest BCUT2D eigenvalue weighted by Gasteiger charge is -2.06. The number of nitrogens with zero attached hydrogens (tertiary/aromatic N) is 5. The number of nitrogens with one attached hydrogen (secondary N) is 2. The zero-order valence-electron chi connectivity index (χ0n) is 13.7. The van der Waals surface area contributed by atoms with Gasteiger partial charge in [-0.3, -0.25) is 14.8 Å². The second-order valence-electron chi connectivity index (χ2n) is 5.55. The molecule has 128 valence electrons. The van der Waals surface area contributed by atoms with Crippen molar-refractivity contribution in [1.29, 1.82) is 0 Å². The highest BCUT2D eigenvalue weighted by Gasteiger charge is 2.15. The molecule has 0 aromatic carbocycles. The number of rotatable bonds is 5. The molecule has 0 saturated carbocycles.